The molecule has 8 heteroatoms. The number of thiazole rings is 1. The molecule has 0 aliphatic carbocycles. The zero-order chi connectivity index (χ0) is 18.4. The number of pyridine rings is 1. The first-order valence-electron chi connectivity index (χ1n) is 8.89. The fourth-order valence-corrected chi connectivity index (χ4v) is 3.85. The monoisotopic (exact) mass is 376 g/mol. The minimum absolute atomic E-state index is 0.226. The van der Waals surface area contributed by atoms with Gasteiger partial charge in [0.1, 0.15) is 0 Å². The minimum Gasteiger partial charge on any atom is -0.356 e. The minimum atomic E-state index is -0.270. The summed E-state index contributed by atoms with van der Waals surface area (Å²) in [5.41, 5.74) is 1.09. The first-order valence-corrected chi connectivity index (χ1v) is 9.77. The van der Waals surface area contributed by atoms with Crippen LogP contribution in [0.5, 0.6) is 0 Å². The number of rotatable bonds is 6. The maximum atomic E-state index is 13.9. The second-order valence-electron chi connectivity index (χ2n) is 6.37. The highest BCUT2D eigenvalue weighted by molar-refractivity contribution is 7.09. The van der Waals surface area contributed by atoms with Gasteiger partial charge in [0.25, 0.3) is 0 Å². The quantitative estimate of drug-likeness (QED) is 0.460. The van der Waals surface area contributed by atoms with Crippen molar-refractivity contribution in [1.82, 2.24) is 20.6 Å². The fraction of sp³-hybridized carbons (Fsp3) is 0.500. The maximum absolute atomic E-state index is 13.9. The van der Waals surface area contributed by atoms with Crippen LogP contribution in [-0.4, -0.2) is 48.7 Å². The molecule has 6 nitrogen and oxygen atoms in total. The summed E-state index contributed by atoms with van der Waals surface area (Å²) in [6, 6.07) is 3.29. The standard InChI is InChI=1S/C18H25FN6S/c1-13-12-26-16(23-13)6-4-9-22-18(20-2)24-14-7-10-25(11-14)17-15(19)5-3-8-21-17/h3,5,8,12,14H,4,6-7,9-11H2,1-2H3,(H2,20,22,24). The predicted octanol–water partition coefficient (Wildman–Crippen LogP) is 2.36. The van der Waals surface area contributed by atoms with E-state index in [0.29, 0.717) is 12.4 Å². The zero-order valence-corrected chi connectivity index (χ0v) is 16.0. The molecule has 26 heavy (non-hydrogen) atoms. The summed E-state index contributed by atoms with van der Waals surface area (Å²) in [5.74, 6) is 0.945. The SMILES string of the molecule is CN=C(NCCCc1nc(C)cs1)NC1CCN(c2ncccc2F)C1. The smallest absolute Gasteiger partial charge is 0.191 e. The first kappa shape index (κ1) is 18.6. The molecule has 2 N–H and O–H groups in total. The molecule has 1 aliphatic rings. The maximum Gasteiger partial charge on any atom is 0.191 e. The number of halogens is 1. The van der Waals surface area contributed by atoms with Gasteiger partial charge in [-0.3, -0.25) is 4.99 Å². The molecule has 0 bridgehead atoms. The molecule has 2 aromatic heterocycles. The van der Waals surface area contributed by atoms with Crippen molar-refractivity contribution in [2.75, 3.05) is 31.6 Å². The van der Waals surface area contributed by atoms with E-state index in [4.69, 9.17) is 0 Å². The highest BCUT2D eigenvalue weighted by atomic mass is 32.1. The molecule has 1 fully saturated rings. The molecule has 0 aromatic carbocycles. The van der Waals surface area contributed by atoms with Crippen molar-refractivity contribution in [1.29, 1.82) is 0 Å². The summed E-state index contributed by atoms with van der Waals surface area (Å²) in [6.07, 6.45) is 4.53. The van der Waals surface area contributed by atoms with E-state index in [-0.39, 0.29) is 11.9 Å². The first-order chi connectivity index (χ1) is 12.7. The van der Waals surface area contributed by atoms with Crippen LogP contribution in [0.4, 0.5) is 10.2 Å². The Balaban J connectivity index is 1.42. The summed E-state index contributed by atoms with van der Waals surface area (Å²) >= 11 is 1.71. The van der Waals surface area contributed by atoms with Gasteiger partial charge in [0, 0.05) is 56.4 Å². The van der Waals surface area contributed by atoms with Gasteiger partial charge in [0.2, 0.25) is 0 Å². The Bertz CT molecular complexity index is 747. The molecule has 0 saturated carbocycles. The van der Waals surface area contributed by atoms with Gasteiger partial charge in [-0.05, 0) is 31.9 Å². The third kappa shape index (κ3) is 4.91. The normalized spacial score (nSPS) is 17.6. The second kappa shape index (κ2) is 8.93. The summed E-state index contributed by atoms with van der Waals surface area (Å²) in [5, 5.41) is 10.0. The molecular weight excluding hydrogens is 351 g/mol. The average Bonchev–Trinajstić information content (AvgIpc) is 3.27. The van der Waals surface area contributed by atoms with Crippen molar-refractivity contribution >= 4 is 23.1 Å². The largest absolute Gasteiger partial charge is 0.356 e. The van der Waals surface area contributed by atoms with E-state index in [9.17, 15) is 4.39 Å². The van der Waals surface area contributed by atoms with E-state index in [0.717, 1.165) is 44.0 Å². The molecule has 1 saturated heterocycles. The van der Waals surface area contributed by atoms with Crippen LogP contribution in [0.1, 0.15) is 23.5 Å². The molecule has 1 aliphatic heterocycles. The number of aromatic nitrogens is 2. The lowest BCUT2D eigenvalue weighted by atomic mass is 10.3. The fourth-order valence-electron chi connectivity index (χ4n) is 3.03. The molecule has 1 atom stereocenters. The third-order valence-corrected chi connectivity index (χ3v) is 5.34. The number of anilines is 1. The van der Waals surface area contributed by atoms with E-state index in [1.54, 1.807) is 30.6 Å². The molecule has 2 aromatic rings. The Hall–Kier alpha value is -2.22. The Kier molecular flexibility index (Phi) is 6.38. The average molecular weight is 377 g/mol. The van der Waals surface area contributed by atoms with Crippen LogP contribution in [0.15, 0.2) is 28.7 Å². The van der Waals surface area contributed by atoms with Crippen LogP contribution < -0.4 is 15.5 Å². The van der Waals surface area contributed by atoms with Gasteiger partial charge in [0.05, 0.1) is 5.01 Å². The second-order valence-corrected chi connectivity index (χ2v) is 7.31. The Morgan fingerprint density at radius 2 is 2.38 bits per heavy atom. The lowest BCUT2D eigenvalue weighted by molar-refractivity contribution is 0.612. The van der Waals surface area contributed by atoms with Crippen LogP contribution in [-0.2, 0) is 6.42 Å². The lowest BCUT2D eigenvalue weighted by Crippen LogP contribution is -2.45. The molecule has 0 amide bonds. The highest BCUT2D eigenvalue weighted by Gasteiger charge is 2.25. The van der Waals surface area contributed by atoms with Crippen LogP contribution in [0.2, 0.25) is 0 Å². The van der Waals surface area contributed by atoms with E-state index in [2.05, 4.69) is 31.0 Å². The van der Waals surface area contributed by atoms with Gasteiger partial charge in [0.15, 0.2) is 17.6 Å². The van der Waals surface area contributed by atoms with Gasteiger partial charge in [-0.2, -0.15) is 0 Å². The Labute approximate surface area is 157 Å². The summed E-state index contributed by atoms with van der Waals surface area (Å²) in [4.78, 5) is 14.9. The number of nitrogens with one attached hydrogen (secondary N) is 2. The van der Waals surface area contributed by atoms with Crippen LogP contribution in [0.3, 0.4) is 0 Å². The Morgan fingerprint density at radius 1 is 1.50 bits per heavy atom. The van der Waals surface area contributed by atoms with Gasteiger partial charge >= 0.3 is 0 Å². The zero-order valence-electron chi connectivity index (χ0n) is 15.2. The van der Waals surface area contributed by atoms with E-state index >= 15 is 0 Å². The predicted molar refractivity (Wildman–Crippen MR) is 104 cm³/mol. The molecule has 0 spiro atoms. The number of hydrogen-bond donors (Lipinski definition) is 2. The highest BCUT2D eigenvalue weighted by Crippen LogP contribution is 2.20. The van der Waals surface area contributed by atoms with E-state index in [1.807, 2.05) is 11.8 Å². The van der Waals surface area contributed by atoms with Crippen molar-refractivity contribution in [2.24, 2.45) is 4.99 Å². The summed E-state index contributed by atoms with van der Waals surface area (Å²) in [7, 11) is 1.77. The Morgan fingerprint density at radius 3 is 3.12 bits per heavy atom. The van der Waals surface area contributed by atoms with Gasteiger partial charge in [-0.25, -0.2) is 14.4 Å². The van der Waals surface area contributed by atoms with Crippen molar-refractivity contribution in [3.8, 4) is 0 Å². The number of guanidine groups is 1. The van der Waals surface area contributed by atoms with E-state index in [1.165, 1.54) is 11.1 Å². The van der Waals surface area contributed by atoms with Crippen LogP contribution in [0, 0.1) is 12.7 Å². The van der Waals surface area contributed by atoms with Gasteiger partial charge < -0.3 is 15.5 Å². The van der Waals surface area contributed by atoms with Gasteiger partial charge in [-0.15, -0.1) is 11.3 Å². The molecule has 3 heterocycles. The number of nitrogens with zero attached hydrogens (tertiary/aromatic N) is 4. The van der Waals surface area contributed by atoms with Crippen LogP contribution in [0.25, 0.3) is 0 Å². The molecule has 0 radical (unpaired) electrons. The molecule has 140 valence electrons. The third-order valence-electron chi connectivity index (χ3n) is 4.32. The topological polar surface area (TPSA) is 65.4 Å². The van der Waals surface area contributed by atoms with Crippen LogP contribution >= 0.6 is 11.3 Å². The van der Waals surface area contributed by atoms with Crippen molar-refractivity contribution in [3.05, 3.63) is 40.2 Å². The van der Waals surface area contributed by atoms with Crippen molar-refractivity contribution < 1.29 is 4.39 Å². The number of hydrogen-bond acceptors (Lipinski definition) is 5. The van der Waals surface area contributed by atoms with Crippen molar-refractivity contribution in [2.45, 2.75) is 32.2 Å². The summed E-state index contributed by atoms with van der Waals surface area (Å²) in [6.45, 7) is 4.36. The van der Waals surface area contributed by atoms with Gasteiger partial charge in [-0.1, -0.05) is 0 Å². The molecule has 3 rings (SSSR count). The summed E-state index contributed by atoms with van der Waals surface area (Å²) < 4.78 is 13.9. The molecule has 1 unspecified atom stereocenters. The molecular formula is C18H25FN6S. The number of aryl methyl sites for hydroxylation is 2. The lowest BCUT2D eigenvalue weighted by Gasteiger charge is -2.19. The van der Waals surface area contributed by atoms with Crippen molar-refractivity contribution in [3.63, 3.8) is 0 Å². The van der Waals surface area contributed by atoms with E-state index < -0.39 is 0 Å². The number of aliphatic imine (C=N–C) groups is 1.